The Morgan fingerprint density at radius 1 is 0.453 bits per heavy atom. The van der Waals surface area contributed by atoms with Crippen molar-refractivity contribution in [2.75, 3.05) is 16.5 Å². The Balaban J connectivity index is 0.815. The van der Waals surface area contributed by atoms with Gasteiger partial charge in [-0.1, -0.05) is 214 Å². The Kier molecular flexibility index (Phi) is 9.74. The molecule has 0 atom stereocenters. The second-order valence-electron chi connectivity index (χ2n) is 24.1. The first-order valence-electron chi connectivity index (χ1n) is 33.9. The lowest BCUT2D eigenvalue weighted by atomic mass is 9.61. The molecule has 414 valence electrons. The molecule has 0 bridgehead atoms. The van der Waals surface area contributed by atoms with E-state index < -0.39 is 26.0 Å². The van der Waals surface area contributed by atoms with E-state index in [0.717, 1.165) is 84.4 Å². The molecule has 11 aromatic carbocycles. The van der Waals surface area contributed by atoms with Crippen LogP contribution in [0, 0.1) is 20.6 Å². The molecule has 3 heterocycles. The maximum Gasteiger partial charge on any atom is 0.137 e. The maximum absolute atomic E-state index is 8.77. The zero-order valence-corrected chi connectivity index (χ0v) is 47.9. The SMILES string of the molecule is [2H]C([2H])([2H])c1cc(-c2cccc(-c3ccc4c(c3)C3(c5ccccc5Cc5ccccc53)c3ccccc3-4)c2N2CN(c3cccc(Oc4ccc5c6ccccc6n(-c6cc(C([2H])([2H])[2H])c(-c7ccc(C(C)(C)C)cc7)cn6)c5c4)c3)c3ccccc32)cc(C([2H])([2H])[2H])c1. The Morgan fingerprint density at radius 3 is 1.84 bits per heavy atom. The molecule has 13 aromatic rings. The van der Waals surface area contributed by atoms with Crippen molar-refractivity contribution in [3.63, 3.8) is 0 Å². The molecule has 86 heavy (non-hydrogen) atoms. The molecule has 0 saturated heterocycles. The molecule has 0 saturated carbocycles. The minimum absolute atomic E-state index is 0.0586. The van der Waals surface area contributed by atoms with Gasteiger partial charge in [-0.15, -0.1) is 0 Å². The average Bonchev–Trinajstić information content (AvgIpc) is 1.56. The van der Waals surface area contributed by atoms with Crippen LogP contribution >= 0.6 is 0 Å². The largest absolute Gasteiger partial charge is 0.457 e. The first-order valence-corrected chi connectivity index (χ1v) is 29.4. The number of hydrogen-bond acceptors (Lipinski definition) is 4. The lowest BCUT2D eigenvalue weighted by Crippen LogP contribution is -2.34. The third kappa shape index (κ3) is 8.09. The van der Waals surface area contributed by atoms with E-state index in [1.54, 1.807) is 24.4 Å². The second-order valence-corrected chi connectivity index (χ2v) is 24.1. The van der Waals surface area contributed by atoms with Gasteiger partial charge in [0.05, 0.1) is 33.5 Å². The average molecular weight is 1120 g/mol. The smallest absolute Gasteiger partial charge is 0.137 e. The third-order valence-corrected chi connectivity index (χ3v) is 18.1. The van der Waals surface area contributed by atoms with E-state index in [-0.39, 0.29) is 22.1 Å². The maximum atomic E-state index is 8.77. The molecular formula is C81H64N4O. The highest BCUT2D eigenvalue weighted by atomic mass is 16.5. The summed E-state index contributed by atoms with van der Waals surface area (Å²) in [6.45, 7) is -0.889. The molecular weight excluding hydrogens is 1040 g/mol. The zero-order chi connectivity index (χ0) is 65.5. The van der Waals surface area contributed by atoms with Crippen LogP contribution in [0.4, 0.5) is 22.7 Å². The highest BCUT2D eigenvalue weighted by molar-refractivity contribution is 6.09. The van der Waals surface area contributed by atoms with Crippen molar-refractivity contribution < 1.29 is 17.1 Å². The summed E-state index contributed by atoms with van der Waals surface area (Å²) in [4.78, 5) is 9.50. The zero-order valence-electron chi connectivity index (χ0n) is 56.9. The van der Waals surface area contributed by atoms with Crippen LogP contribution in [0.15, 0.2) is 255 Å². The van der Waals surface area contributed by atoms with Gasteiger partial charge in [-0.2, -0.15) is 0 Å². The van der Waals surface area contributed by atoms with Crippen LogP contribution in [-0.2, 0) is 17.3 Å². The van der Waals surface area contributed by atoms with Gasteiger partial charge >= 0.3 is 0 Å². The van der Waals surface area contributed by atoms with E-state index in [2.05, 4.69) is 164 Å². The number of rotatable bonds is 8. The molecule has 1 aliphatic heterocycles. The minimum Gasteiger partial charge on any atom is -0.457 e. The van der Waals surface area contributed by atoms with Gasteiger partial charge in [-0.05, 0) is 159 Å². The highest BCUT2D eigenvalue weighted by Crippen LogP contribution is 2.60. The fraction of sp³-hybridized carbons (Fsp3) is 0.123. The molecule has 0 N–H and O–H groups in total. The molecule has 3 aliphatic rings. The molecule has 0 radical (unpaired) electrons. The van der Waals surface area contributed by atoms with Crippen LogP contribution in [0.1, 0.15) is 88.7 Å². The number of ether oxygens (including phenoxy) is 1. The van der Waals surface area contributed by atoms with Gasteiger partial charge in [0.1, 0.15) is 24.0 Å². The normalized spacial score (nSPS) is 15.6. The molecule has 16 rings (SSSR count). The Hall–Kier alpha value is -10.2. The molecule has 2 aromatic heterocycles. The van der Waals surface area contributed by atoms with E-state index in [9.17, 15) is 0 Å². The topological polar surface area (TPSA) is 33.5 Å². The predicted octanol–water partition coefficient (Wildman–Crippen LogP) is 20.7. The summed E-state index contributed by atoms with van der Waals surface area (Å²) in [6, 6.07) is 83.8. The van der Waals surface area contributed by atoms with Crippen LogP contribution in [0.5, 0.6) is 11.5 Å². The Bertz CT molecular complexity index is 5190. The third-order valence-electron chi connectivity index (χ3n) is 18.1. The van der Waals surface area contributed by atoms with Crippen molar-refractivity contribution in [1.29, 1.82) is 0 Å². The molecule has 0 fully saturated rings. The molecule has 5 heteroatoms. The summed E-state index contributed by atoms with van der Waals surface area (Å²) in [6.07, 6.45) is 2.49. The van der Waals surface area contributed by atoms with Crippen LogP contribution in [0.2, 0.25) is 0 Å². The van der Waals surface area contributed by atoms with Crippen molar-refractivity contribution in [1.82, 2.24) is 9.55 Å². The minimum atomic E-state index is -2.60. The van der Waals surface area contributed by atoms with E-state index in [1.165, 1.54) is 39.4 Å². The number of fused-ring (bicyclic) bond motifs is 13. The van der Waals surface area contributed by atoms with E-state index in [4.69, 9.17) is 22.1 Å². The number of nitrogens with zero attached hydrogens (tertiary/aromatic N) is 4. The number of aromatic nitrogens is 2. The van der Waals surface area contributed by atoms with Gasteiger partial charge in [-0.3, -0.25) is 4.57 Å². The van der Waals surface area contributed by atoms with Gasteiger partial charge in [0.25, 0.3) is 0 Å². The number of anilines is 4. The second kappa shape index (κ2) is 19.7. The molecule has 0 unspecified atom stereocenters. The first kappa shape index (κ1) is 42.6. The summed E-state index contributed by atoms with van der Waals surface area (Å²) >= 11 is 0. The first-order chi connectivity index (χ1) is 45.6. The van der Waals surface area contributed by atoms with E-state index in [0.29, 0.717) is 40.7 Å². The van der Waals surface area contributed by atoms with Crippen LogP contribution in [0.3, 0.4) is 0 Å². The summed E-state index contributed by atoms with van der Waals surface area (Å²) in [7, 11) is 0. The highest BCUT2D eigenvalue weighted by Gasteiger charge is 2.50. The molecule has 0 amide bonds. The quantitative estimate of drug-likeness (QED) is 0.152. The number of hydrogen-bond donors (Lipinski definition) is 0. The lowest BCUT2D eigenvalue weighted by molar-refractivity contribution is 0.483. The van der Waals surface area contributed by atoms with Crippen LogP contribution in [-0.4, -0.2) is 16.2 Å². The Labute approximate surface area is 516 Å². The monoisotopic (exact) mass is 1120 g/mol. The number of para-hydroxylation sites is 4. The molecule has 2 aliphatic carbocycles. The van der Waals surface area contributed by atoms with Gasteiger partial charge in [0.2, 0.25) is 0 Å². The van der Waals surface area contributed by atoms with Gasteiger partial charge < -0.3 is 14.5 Å². The van der Waals surface area contributed by atoms with E-state index >= 15 is 0 Å². The fourth-order valence-electron chi connectivity index (χ4n) is 14.2. The van der Waals surface area contributed by atoms with Gasteiger partial charge in [-0.25, -0.2) is 4.98 Å². The van der Waals surface area contributed by atoms with Gasteiger partial charge in [0, 0.05) is 63.8 Å². The van der Waals surface area contributed by atoms with Crippen LogP contribution < -0.4 is 14.5 Å². The van der Waals surface area contributed by atoms with Gasteiger partial charge in [0.15, 0.2) is 0 Å². The summed E-state index contributed by atoms with van der Waals surface area (Å²) in [5, 5.41) is 1.93. The fourth-order valence-corrected chi connectivity index (χ4v) is 14.2. The number of benzene rings is 11. The lowest BCUT2D eigenvalue weighted by Gasteiger charge is -2.40. The van der Waals surface area contributed by atoms with Crippen molar-refractivity contribution in [3.8, 4) is 61.8 Å². The standard InChI is InChI=1S/C81H64N4O/c1-51-41-52(2)43-58(42-51)64-26-18-25-63(55-35-39-66-65-23-9-13-29-72(65)81(73(66)46-55)70-27-11-7-19-56(70)45-57-20-8-12-28-71(57)81)79(64)84-50-83(75-31-15-16-32-76(75)84)60-21-17-22-61(47-60)86-62-38-40-68-67-24-10-14-30-74(67)85(77(68)48-62)78-44-53(3)69(49-82-78)54-33-36-59(37-34-54)80(4,5)6/h7-44,46-49H,45,50H2,1-6H3/i1D3,2D3,3D3. The molecule has 5 nitrogen and oxygen atoms in total. The Morgan fingerprint density at radius 2 is 1.08 bits per heavy atom. The predicted molar refractivity (Wildman–Crippen MR) is 356 cm³/mol. The van der Waals surface area contributed by atoms with Crippen molar-refractivity contribution in [2.24, 2.45) is 0 Å². The van der Waals surface area contributed by atoms with Crippen molar-refractivity contribution in [3.05, 3.63) is 311 Å². The van der Waals surface area contributed by atoms with E-state index in [1.807, 2.05) is 95.6 Å². The number of pyridine rings is 1. The summed E-state index contributed by atoms with van der Waals surface area (Å²) in [5.41, 5.74) is 19.6. The number of aryl methyl sites for hydroxylation is 3. The summed E-state index contributed by atoms with van der Waals surface area (Å²) in [5.74, 6) is 1.60. The van der Waals surface area contributed by atoms with Crippen LogP contribution in [0.25, 0.3) is 72.1 Å². The molecule has 1 spiro atoms. The van der Waals surface area contributed by atoms with Crippen molar-refractivity contribution in [2.45, 2.75) is 58.6 Å². The van der Waals surface area contributed by atoms with Crippen molar-refractivity contribution >= 4 is 44.6 Å². The summed E-state index contributed by atoms with van der Waals surface area (Å²) < 4.78 is 87.1.